The first kappa shape index (κ1) is 15.7. The molecule has 0 saturated carbocycles. The van der Waals surface area contributed by atoms with Crippen molar-refractivity contribution < 1.29 is 8.42 Å². The lowest BCUT2D eigenvalue weighted by Gasteiger charge is -2.24. The fraction of sp³-hybridized carbons (Fsp3) is 0.176. The Balaban J connectivity index is 2.26. The van der Waals surface area contributed by atoms with E-state index in [4.69, 9.17) is 0 Å². The standard InChI is InChI=1S/C17H20O2SSi/c1-15(20(18,19)16-10-6-4-7-11-16)14-21(2,3)17-12-8-5-9-13-17/h4-13H,1,14H2,2-3H3. The molecule has 0 unspecified atom stereocenters. The van der Waals surface area contributed by atoms with Gasteiger partial charge in [0.25, 0.3) is 0 Å². The van der Waals surface area contributed by atoms with E-state index < -0.39 is 17.9 Å². The Labute approximate surface area is 128 Å². The maximum absolute atomic E-state index is 12.6. The van der Waals surface area contributed by atoms with Gasteiger partial charge in [-0.15, -0.1) is 0 Å². The van der Waals surface area contributed by atoms with E-state index in [0.717, 1.165) is 0 Å². The lowest BCUT2D eigenvalue weighted by atomic mass is 10.4. The summed E-state index contributed by atoms with van der Waals surface area (Å²) in [5.74, 6) is 0. The lowest BCUT2D eigenvalue weighted by Crippen LogP contribution is -2.41. The fourth-order valence-electron chi connectivity index (χ4n) is 2.35. The molecular weight excluding hydrogens is 296 g/mol. The van der Waals surface area contributed by atoms with Crippen molar-refractivity contribution in [3.8, 4) is 0 Å². The second-order valence-electron chi connectivity index (χ2n) is 5.78. The van der Waals surface area contributed by atoms with Crippen LogP contribution in [0.4, 0.5) is 0 Å². The van der Waals surface area contributed by atoms with Crippen LogP contribution >= 0.6 is 0 Å². The number of hydrogen-bond donors (Lipinski definition) is 0. The van der Waals surface area contributed by atoms with Crippen LogP contribution in [0.2, 0.25) is 19.1 Å². The highest BCUT2D eigenvalue weighted by Gasteiger charge is 2.29. The predicted molar refractivity (Wildman–Crippen MR) is 91.1 cm³/mol. The van der Waals surface area contributed by atoms with Crippen LogP contribution in [0.3, 0.4) is 0 Å². The molecule has 0 aromatic heterocycles. The molecule has 0 saturated heterocycles. The predicted octanol–water partition coefficient (Wildman–Crippen LogP) is 3.59. The molecule has 0 spiro atoms. The van der Waals surface area contributed by atoms with Gasteiger partial charge in [0, 0.05) is 4.91 Å². The molecule has 0 radical (unpaired) electrons. The highest BCUT2D eigenvalue weighted by molar-refractivity contribution is 7.95. The number of sulfone groups is 1. The second kappa shape index (κ2) is 5.99. The zero-order valence-electron chi connectivity index (χ0n) is 12.4. The lowest BCUT2D eigenvalue weighted by molar-refractivity contribution is 0.602. The minimum absolute atomic E-state index is 0.314. The van der Waals surface area contributed by atoms with Crippen molar-refractivity contribution in [3.05, 3.63) is 72.1 Å². The maximum atomic E-state index is 12.6. The van der Waals surface area contributed by atoms with Crippen LogP contribution in [0.1, 0.15) is 0 Å². The Morgan fingerprint density at radius 1 is 0.952 bits per heavy atom. The highest BCUT2D eigenvalue weighted by Crippen LogP contribution is 2.25. The van der Waals surface area contributed by atoms with Gasteiger partial charge >= 0.3 is 0 Å². The van der Waals surface area contributed by atoms with E-state index in [9.17, 15) is 8.42 Å². The third-order valence-electron chi connectivity index (χ3n) is 3.63. The van der Waals surface area contributed by atoms with Gasteiger partial charge in [0.15, 0.2) is 0 Å². The van der Waals surface area contributed by atoms with Gasteiger partial charge in [0.05, 0.1) is 13.0 Å². The Bertz CT molecular complexity index is 720. The first-order chi connectivity index (χ1) is 9.84. The maximum Gasteiger partial charge on any atom is 0.201 e. The monoisotopic (exact) mass is 316 g/mol. The van der Waals surface area contributed by atoms with E-state index in [0.29, 0.717) is 15.8 Å². The molecule has 2 aromatic carbocycles. The molecule has 0 aliphatic rings. The van der Waals surface area contributed by atoms with Gasteiger partial charge in [-0.05, 0) is 18.2 Å². The fourth-order valence-corrected chi connectivity index (χ4v) is 7.32. The molecule has 0 aliphatic carbocycles. The van der Waals surface area contributed by atoms with E-state index >= 15 is 0 Å². The van der Waals surface area contributed by atoms with E-state index in [-0.39, 0.29) is 0 Å². The third-order valence-corrected chi connectivity index (χ3v) is 8.89. The summed E-state index contributed by atoms with van der Waals surface area (Å²) in [6.07, 6.45) is 0. The number of allylic oxidation sites excluding steroid dienone is 1. The Morgan fingerprint density at radius 3 is 1.95 bits per heavy atom. The Hall–Kier alpha value is -1.65. The Morgan fingerprint density at radius 2 is 1.43 bits per heavy atom. The minimum atomic E-state index is -3.44. The Kier molecular flexibility index (Phi) is 4.49. The largest absolute Gasteiger partial charge is 0.219 e. The molecule has 0 heterocycles. The summed E-state index contributed by atoms with van der Waals surface area (Å²) in [6, 6.07) is 19.2. The van der Waals surface area contributed by atoms with Crippen LogP contribution < -0.4 is 5.19 Å². The zero-order valence-corrected chi connectivity index (χ0v) is 14.2. The molecule has 0 bridgehead atoms. The minimum Gasteiger partial charge on any atom is -0.219 e. The van der Waals surface area contributed by atoms with Gasteiger partial charge in [-0.3, -0.25) is 0 Å². The van der Waals surface area contributed by atoms with E-state index in [1.54, 1.807) is 24.3 Å². The normalized spacial score (nSPS) is 12.1. The first-order valence-corrected chi connectivity index (χ1v) is 11.6. The van der Waals surface area contributed by atoms with Gasteiger partial charge < -0.3 is 0 Å². The topological polar surface area (TPSA) is 34.1 Å². The van der Waals surface area contributed by atoms with Crippen molar-refractivity contribution in [2.24, 2.45) is 0 Å². The van der Waals surface area contributed by atoms with Crippen molar-refractivity contribution in [3.63, 3.8) is 0 Å². The number of rotatable bonds is 5. The highest BCUT2D eigenvalue weighted by atomic mass is 32.2. The van der Waals surface area contributed by atoms with Crippen molar-refractivity contribution in [2.45, 2.75) is 24.0 Å². The molecule has 4 heteroatoms. The summed E-state index contributed by atoms with van der Waals surface area (Å²) in [4.78, 5) is 0.641. The molecule has 2 aromatic rings. The summed E-state index contributed by atoms with van der Waals surface area (Å²) in [5, 5.41) is 1.24. The smallest absolute Gasteiger partial charge is 0.201 e. The summed E-state index contributed by atoms with van der Waals surface area (Å²) >= 11 is 0. The van der Waals surface area contributed by atoms with Crippen LogP contribution in [0.15, 0.2) is 77.0 Å². The number of hydrogen-bond acceptors (Lipinski definition) is 2. The number of benzene rings is 2. The van der Waals surface area contributed by atoms with Crippen molar-refractivity contribution >= 4 is 23.1 Å². The van der Waals surface area contributed by atoms with E-state index in [1.807, 2.05) is 24.3 Å². The molecule has 110 valence electrons. The van der Waals surface area contributed by atoms with Crippen LogP contribution in [-0.2, 0) is 9.84 Å². The van der Waals surface area contributed by atoms with Crippen LogP contribution in [0.5, 0.6) is 0 Å². The molecule has 21 heavy (non-hydrogen) atoms. The summed E-state index contributed by atoms with van der Waals surface area (Å²) in [5.41, 5.74) is 0. The second-order valence-corrected chi connectivity index (χ2v) is 12.5. The molecule has 0 amide bonds. The van der Waals surface area contributed by atoms with E-state index in [2.05, 4.69) is 31.8 Å². The average molecular weight is 316 g/mol. The van der Waals surface area contributed by atoms with Gasteiger partial charge in [-0.25, -0.2) is 8.42 Å². The molecule has 2 rings (SSSR count). The summed E-state index contributed by atoms with van der Waals surface area (Å²) in [7, 11) is -5.30. The van der Waals surface area contributed by atoms with Gasteiger partial charge in [-0.2, -0.15) is 0 Å². The van der Waals surface area contributed by atoms with Crippen LogP contribution in [0.25, 0.3) is 0 Å². The zero-order chi connectivity index (χ0) is 15.5. The summed E-state index contributed by atoms with van der Waals surface area (Å²) < 4.78 is 25.1. The molecule has 2 nitrogen and oxygen atoms in total. The third kappa shape index (κ3) is 3.51. The SMILES string of the molecule is C=C(C[Si](C)(C)c1ccccc1)S(=O)(=O)c1ccccc1. The van der Waals surface area contributed by atoms with Gasteiger partial charge in [0.1, 0.15) is 0 Å². The molecule has 0 atom stereocenters. The van der Waals surface area contributed by atoms with Crippen molar-refractivity contribution in [2.75, 3.05) is 0 Å². The quantitative estimate of drug-likeness (QED) is 0.790. The van der Waals surface area contributed by atoms with Crippen molar-refractivity contribution in [1.29, 1.82) is 0 Å². The first-order valence-electron chi connectivity index (χ1n) is 6.87. The van der Waals surface area contributed by atoms with Crippen molar-refractivity contribution in [1.82, 2.24) is 0 Å². The molecular formula is C17H20O2SSi. The van der Waals surface area contributed by atoms with Gasteiger partial charge in [0.2, 0.25) is 9.84 Å². The molecule has 0 aliphatic heterocycles. The molecule has 0 fully saturated rings. The van der Waals surface area contributed by atoms with Crippen LogP contribution in [-0.4, -0.2) is 16.5 Å². The summed E-state index contributed by atoms with van der Waals surface area (Å²) in [6.45, 7) is 8.21. The average Bonchev–Trinajstić information content (AvgIpc) is 2.48. The van der Waals surface area contributed by atoms with E-state index in [1.165, 1.54) is 5.19 Å². The van der Waals surface area contributed by atoms with Gasteiger partial charge in [-0.1, -0.05) is 73.4 Å². The van der Waals surface area contributed by atoms with Crippen LogP contribution in [0, 0.1) is 0 Å². The molecule has 0 N–H and O–H groups in total.